The van der Waals surface area contributed by atoms with Gasteiger partial charge in [-0.15, -0.1) is 0 Å². The van der Waals surface area contributed by atoms with Crippen LogP contribution in [0.15, 0.2) is 42.5 Å². The van der Waals surface area contributed by atoms with Crippen LogP contribution < -0.4 is 5.32 Å². The van der Waals surface area contributed by atoms with Gasteiger partial charge in [-0.3, -0.25) is 4.79 Å². The van der Waals surface area contributed by atoms with E-state index in [2.05, 4.69) is 5.32 Å². The van der Waals surface area contributed by atoms with Crippen LogP contribution in [0.5, 0.6) is 0 Å². The lowest BCUT2D eigenvalue weighted by atomic mass is 9.95. The number of aliphatic hydroxyl groups is 1. The predicted molar refractivity (Wildman–Crippen MR) is 85.9 cm³/mol. The fourth-order valence-electron chi connectivity index (χ4n) is 2.29. The third-order valence-electron chi connectivity index (χ3n) is 3.44. The van der Waals surface area contributed by atoms with Gasteiger partial charge in [-0.05, 0) is 32.0 Å². The molecule has 116 valence electrons. The molecule has 0 saturated heterocycles. The second-order valence-electron chi connectivity index (χ2n) is 5.33. The summed E-state index contributed by atoms with van der Waals surface area (Å²) in [6, 6.07) is 11.3. The number of carbonyl (C=O) groups is 1. The largest absolute Gasteiger partial charge is 0.384 e. The van der Waals surface area contributed by atoms with Crippen molar-refractivity contribution < 1.29 is 14.3 Å². The summed E-state index contributed by atoms with van der Waals surface area (Å²) in [5, 5.41) is 14.0. The molecule has 0 aliphatic heterocycles. The van der Waals surface area contributed by atoms with Crippen molar-refractivity contribution >= 4 is 23.1 Å². The second kappa shape index (κ2) is 6.46. The van der Waals surface area contributed by atoms with Gasteiger partial charge in [0.25, 0.3) is 0 Å². The smallest absolute Gasteiger partial charge is 0.164 e. The number of nitrogens with one attached hydrogen (secondary N) is 1. The molecule has 0 saturated carbocycles. The summed E-state index contributed by atoms with van der Waals surface area (Å²) in [4.78, 5) is 11.6. The normalized spacial score (nSPS) is 13.5. The highest BCUT2D eigenvalue weighted by atomic mass is 35.5. The molecular formula is C17H17ClFNO2. The number of rotatable bonds is 5. The maximum atomic E-state index is 13.8. The summed E-state index contributed by atoms with van der Waals surface area (Å²) >= 11 is 6.10. The van der Waals surface area contributed by atoms with E-state index in [4.69, 9.17) is 11.6 Å². The van der Waals surface area contributed by atoms with E-state index in [-0.39, 0.29) is 17.9 Å². The van der Waals surface area contributed by atoms with E-state index < -0.39 is 11.4 Å². The van der Waals surface area contributed by atoms with Gasteiger partial charge in [-0.2, -0.15) is 0 Å². The zero-order chi connectivity index (χ0) is 16.3. The van der Waals surface area contributed by atoms with E-state index in [0.29, 0.717) is 16.3 Å². The first-order valence-corrected chi connectivity index (χ1v) is 7.21. The first-order chi connectivity index (χ1) is 10.3. The average Bonchev–Trinajstić information content (AvgIpc) is 2.45. The molecule has 22 heavy (non-hydrogen) atoms. The van der Waals surface area contributed by atoms with E-state index >= 15 is 0 Å². The zero-order valence-corrected chi connectivity index (χ0v) is 13.1. The summed E-state index contributed by atoms with van der Waals surface area (Å²) in [6.07, 6.45) is 0. The van der Waals surface area contributed by atoms with Crippen LogP contribution in [0.1, 0.15) is 29.8 Å². The Morgan fingerprint density at radius 1 is 1.27 bits per heavy atom. The van der Waals surface area contributed by atoms with Crippen molar-refractivity contribution in [3.05, 3.63) is 64.4 Å². The molecule has 1 atom stereocenters. The lowest BCUT2D eigenvalue weighted by Crippen LogP contribution is -2.31. The molecule has 0 aliphatic carbocycles. The molecule has 0 aliphatic rings. The van der Waals surface area contributed by atoms with Gasteiger partial charge in [-0.1, -0.05) is 35.9 Å². The molecule has 0 aromatic heterocycles. The molecule has 0 spiro atoms. The van der Waals surface area contributed by atoms with Crippen molar-refractivity contribution in [1.82, 2.24) is 0 Å². The minimum absolute atomic E-state index is 0.0162. The van der Waals surface area contributed by atoms with Crippen LogP contribution in [0.3, 0.4) is 0 Å². The molecule has 2 rings (SSSR count). The lowest BCUT2D eigenvalue weighted by Gasteiger charge is -2.26. The summed E-state index contributed by atoms with van der Waals surface area (Å²) < 4.78 is 13.8. The van der Waals surface area contributed by atoms with Crippen LogP contribution in [-0.2, 0) is 5.60 Å². The highest BCUT2D eigenvalue weighted by Crippen LogP contribution is 2.29. The zero-order valence-electron chi connectivity index (χ0n) is 12.4. The molecule has 0 bridgehead atoms. The number of anilines is 1. The number of halogens is 2. The first-order valence-electron chi connectivity index (χ1n) is 6.83. The minimum atomic E-state index is -1.27. The second-order valence-corrected chi connectivity index (χ2v) is 5.73. The molecule has 2 N–H and O–H groups in total. The van der Waals surface area contributed by atoms with Crippen molar-refractivity contribution in [3.8, 4) is 0 Å². The molecule has 3 nitrogen and oxygen atoms in total. The molecule has 0 fully saturated rings. The Labute approximate surface area is 133 Å². The summed E-state index contributed by atoms with van der Waals surface area (Å²) in [6.45, 7) is 2.99. The number of hydrogen-bond donors (Lipinski definition) is 2. The van der Waals surface area contributed by atoms with Crippen LogP contribution >= 0.6 is 11.6 Å². The van der Waals surface area contributed by atoms with Gasteiger partial charge in [0.2, 0.25) is 0 Å². The van der Waals surface area contributed by atoms with Crippen LogP contribution in [0.2, 0.25) is 5.02 Å². The van der Waals surface area contributed by atoms with E-state index in [9.17, 15) is 14.3 Å². The average molecular weight is 322 g/mol. The number of carbonyl (C=O) groups excluding carboxylic acids is 1. The van der Waals surface area contributed by atoms with Crippen molar-refractivity contribution in [2.45, 2.75) is 19.4 Å². The third-order valence-corrected chi connectivity index (χ3v) is 3.77. The summed E-state index contributed by atoms with van der Waals surface area (Å²) in [5.74, 6) is -0.965. The van der Waals surface area contributed by atoms with E-state index in [0.717, 1.165) is 0 Å². The van der Waals surface area contributed by atoms with Crippen molar-refractivity contribution in [3.63, 3.8) is 0 Å². The van der Waals surface area contributed by atoms with E-state index in [1.807, 2.05) is 0 Å². The molecule has 1 unspecified atom stereocenters. The Morgan fingerprint density at radius 2 is 1.95 bits per heavy atom. The van der Waals surface area contributed by atoms with Crippen LogP contribution in [0, 0.1) is 5.82 Å². The maximum absolute atomic E-state index is 13.8. The van der Waals surface area contributed by atoms with Crippen molar-refractivity contribution in [1.29, 1.82) is 0 Å². The highest BCUT2D eigenvalue weighted by Gasteiger charge is 2.26. The number of ketones is 1. The SMILES string of the molecule is CC(=O)c1c(F)cccc1NCC(C)(O)c1ccccc1Cl. The van der Waals surface area contributed by atoms with E-state index in [1.54, 1.807) is 37.3 Å². The molecule has 2 aromatic carbocycles. The molecule has 0 radical (unpaired) electrons. The number of Topliss-reactive ketones (excluding diaryl/α,β-unsaturated/α-hetero) is 1. The van der Waals surface area contributed by atoms with Crippen LogP contribution in [0.25, 0.3) is 0 Å². The summed E-state index contributed by atoms with van der Waals surface area (Å²) in [5.41, 5.74) is -0.374. The fourth-order valence-corrected chi connectivity index (χ4v) is 2.63. The Morgan fingerprint density at radius 3 is 2.59 bits per heavy atom. The molecule has 5 heteroatoms. The predicted octanol–water partition coefficient (Wildman–Crippen LogP) is 4.00. The van der Waals surface area contributed by atoms with Gasteiger partial charge in [0.15, 0.2) is 5.78 Å². The Hall–Kier alpha value is -1.91. The Balaban J connectivity index is 2.25. The fraction of sp³-hybridized carbons (Fsp3) is 0.235. The molecule has 2 aromatic rings. The Bertz CT molecular complexity index is 701. The highest BCUT2D eigenvalue weighted by molar-refractivity contribution is 6.31. The van der Waals surface area contributed by atoms with Crippen LogP contribution in [0.4, 0.5) is 10.1 Å². The number of hydrogen-bond acceptors (Lipinski definition) is 3. The first kappa shape index (κ1) is 16.5. The third kappa shape index (κ3) is 3.46. The molecule has 0 amide bonds. The molecular weight excluding hydrogens is 305 g/mol. The topological polar surface area (TPSA) is 49.3 Å². The van der Waals surface area contributed by atoms with E-state index in [1.165, 1.54) is 19.1 Å². The van der Waals surface area contributed by atoms with Crippen LogP contribution in [-0.4, -0.2) is 17.4 Å². The van der Waals surface area contributed by atoms with Gasteiger partial charge >= 0.3 is 0 Å². The van der Waals surface area contributed by atoms with Gasteiger partial charge in [0.05, 0.1) is 5.56 Å². The Kier molecular flexibility index (Phi) is 4.84. The summed E-state index contributed by atoms with van der Waals surface area (Å²) in [7, 11) is 0. The van der Waals surface area contributed by atoms with Crippen molar-refractivity contribution in [2.75, 3.05) is 11.9 Å². The van der Waals surface area contributed by atoms with Gasteiger partial charge in [0, 0.05) is 22.8 Å². The van der Waals surface area contributed by atoms with Crippen molar-refractivity contribution in [2.24, 2.45) is 0 Å². The lowest BCUT2D eigenvalue weighted by molar-refractivity contribution is 0.0715. The minimum Gasteiger partial charge on any atom is -0.384 e. The van der Waals surface area contributed by atoms with Gasteiger partial charge < -0.3 is 10.4 Å². The number of benzene rings is 2. The van der Waals surface area contributed by atoms with Gasteiger partial charge in [-0.25, -0.2) is 4.39 Å². The monoisotopic (exact) mass is 321 g/mol. The van der Waals surface area contributed by atoms with Gasteiger partial charge in [0.1, 0.15) is 11.4 Å². The standard InChI is InChI=1S/C17H17ClFNO2/c1-11(21)16-14(19)8-5-9-15(16)20-10-17(2,22)12-6-3-4-7-13(12)18/h3-9,20,22H,10H2,1-2H3. The molecule has 0 heterocycles. The quantitative estimate of drug-likeness (QED) is 0.818. The maximum Gasteiger partial charge on any atom is 0.164 e.